The Morgan fingerprint density at radius 1 is 1.04 bits per heavy atom. The fourth-order valence-electron chi connectivity index (χ4n) is 2.64. The predicted molar refractivity (Wildman–Crippen MR) is 106 cm³/mol. The van der Waals surface area contributed by atoms with E-state index in [0.29, 0.717) is 13.0 Å². The molecule has 0 radical (unpaired) electrons. The molecule has 0 fully saturated rings. The fraction of sp³-hybridized carbons (Fsp3) is 0.333. The van der Waals surface area contributed by atoms with Crippen LogP contribution in [0.1, 0.15) is 18.1 Å². The van der Waals surface area contributed by atoms with E-state index in [0.717, 1.165) is 30.0 Å². The van der Waals surface area contributed by atoms with Crippen LogP contribution in [0.15, 0.2) is 48.5 Å². The zero-order chi connectivity index (χ0) is 18.9. The van der Waals surface area contributed by atoms with Crippen LogP contribution in [-0.2, 0) is 17.8 Å². The van der Waals surface area contributed by atoms with Gasteiger partial charge in [-0.1, -0.05) is 31.2 Å². The molecule has 0 aromatic heterocycles. The van der Waals surface area contributed by atoms with Crippen molar-refractivity contribution < 1.29 is 4.79 Å². The van der Waals surface area contributed by atoms with Crippen molar-refractivity contribution in [2.45, 2.75) is 19.9 Å². The van der Waals surface area contributed by atoms with E-state index < -0.39 is 0 Å². The van der Waals surface area contributed by atoms with Crippen molar-refractivity contribution in [2.24, 2.45) is 0 Å². The monoisotopic (exact) mass is 350 g/mol. The van der Waals surface area contributed by atoms with Gasteiger partial charge in [-0.25, -0.2) is 0 Å². The Hall–Kier alpha value is -2.84. The van der Waals surface area contributed by atoms with E-state index >= 15 is 0 Å². The van der Waals surface area contributed by atoms with Crippen molar-refractivity contribution in [3.63, 3.8) is 0 Å². The third kappa shape index (κ3) is 5.91. The molecule has 26 heavy (non-hydrogen) atoms. The first-order valence-electron chi connectivity index (χ1n) is 8.76. The van der Waals surface area contributed by atoms with Crippen molar-refractivity contribution >= 4 is 17.3 Å². The Morgan fingerprint density at radius 3 is 2.19 bits per heavy atom. The molecule has 5 heteroatoms. The maximum atomic E-state index is 12.3. The number of carbonyl (C=O) groups excluding carboxylic acids is 1. The standard InChI is InChI=1S/C21H26N4O/c1-4-25(15-18-7-11-20(12-8-18)24(2)3)16-21(26)23-19-9-5-17(6-10-19)13-14-22/h5-12H,4,13,15-16H2,1-3H3,(H,23,26). The largest absolute Gasteiger partial charge is 0.378 e. The number of carbonyl (C=O) groups is 1. The highest BCUT2D eigenvalue weighted by Crippen LogP contribution is 2.14. The van der Waals surface area contributed by atoms with Crippen molar-refractivity contribution in [1.82, 2.24) is 4.90 Å². The molecule has 5 nitrogen and oxygen atoms in total. The average molecular weight is 350 g/mol. The van der Waals surface area contributed by atoms with Gasteiger partial charge in [0, 0.05) is 32.0 Å². The summed E-state index contributed by atoms with van der Waals surface area (Å²) in [5.74, 6) is -0.0372. The summed E-state index contributed by atoms with van der Waals surface area (Å²) < 4.78 is 0. The third-order valence-corrected chi connectivity index (χ3v) is 4.19. The van der Waals surface area contributed by atoms with Crippen LogP contribution in [0, 0.1) is 11.3 Å². The number of hydrogen-bond donors (Lipinski definition) is 1. The molecule has 1 amide bonds. The number of likely N-dealkylation sites (N-methyl/N-ethyl adjacent to an activating group) is 1. The maximum absolute atomic E-state index is 12.3. The van der Waals surface area contributed by atoms with E-state index in [1.807, 2.05) is 38.4 Å². The first-order chi connectivity index (χ1) is 12.5. The summed E-state index contributed by atoms with van der Waals surface area (Å²) in [5.41, 5.74) is 4.05. The van der Waals surface area contributed by atoms with E-state index in [9.17, 15) is 4.79 Å². The molecule has 0 saturated carbocycles. The zero-order valence-corrected chi connectivity index (χ0v) is 15.7. The van der Waals surface area contributed by atoms with Crippen LogP contribution < -0.4 is 10.2 Å². The molecule has 0 aliphatic rings. The molecule has 2 aromatic carbocycles. The van der Waals surface area contributed by atoms with Gasteiger partial charge in [-0.15, -0.1) is 0 Å². The van der Waals surface area contributed by atoms with Crippen LogP contribution in [0.4, 0.5) is 11.4 Å². The molecule has 0 bridgehead atoms. The van der Waals surface area contributed by atoms with Gasteiger partial charge >= 0.3 is 0 Å². The van der Waals surface area contributed by atoms with Crippen LogP contribution in [-0.4, -0.2) is 38.0 Å². The van der Waals surface area contributed by atoms with Crippen LogP contribution in [0.2, 0.25) is 0 Å². The maximum Gasteiger partial charge on any atom is 0.238 e. The minimum absolute atomic E-state index is 0.0372. The lowest BCUT2D eigenvalue weighted by molar-refractivity contribution is -0.117. The number of amides is 1. The normalized spacial score (nSPS) is 10.4. The summed E-state index contributed by atoms with van der Waals surface area (Å²) in [6, 6.07) is 17.9. The number of rotatable bonds is 8. The Balaban J connectivity index is 1.90. The Labute approximate surface area is 155 Å². The van der Waals surface area contributed by atoms with Crippen LogP contribution in [0.25, 0.3) is 0 Å². The van der Waals surface area contributed by atoms with E-state index in [1.54, 1.807) is 0 Å². The average Bonchev–Trinajstić information content (AvgIpc) is 2.63. The second-order valence-electron chi connectivity index (χ2n) is 6.44. The zero-order valence-electron chi connectivity index (χ0n) is 15.7. The molecular weight excluding hydrogens is 324 g/mol. The quantitative estimate of drug-likeness (QED) is 0.794. The SMILES string of the molecule is CCN(CC(=O)Nc1ccc(CC#N)cc1)Cc1ccc(N(C)C)cc1. The minimum atomic E-state index is -0.0372. The van der Waals surface area contributed by atoms with E-state index in [-0.39, 0.29) is 5.91 Å². The summed E-state index contributed by atoms with van der Waals surface area (Å²) in [5, 5.41) is 11.6. The predicted octanol–water partition coefficient (Wildman–Crippen LogP) is 3.28. The summed E-state index contributed by atoms with van der Waals surface area (Å²) in [6.07, 6.45) is 0.379. The Kier molecular flexibility index (Phi) is 7.19. The van der Waals surface area contributed by atoms with Crippen molar-refractivity contribution in [2.75, 3.05) is 37.4 Å². The lowest BCUT2D eigenvalue weighted by atomic mass is 10.1. The van der Waals surface area contributed by atoms with Gasteiger partial charge < -0.3 is 10.2 Å². The molecule has 1 N–H and O–H groups in total. The fourth-order valence-corrected chi connectivity index (χ4v) is 2.64. The lowest BCUT2D eigenvalue weighted by Gasteiger charge is -2.20. The highest BCUT2D eigenvalue weighted by atomic mass is 16.2. The molecule has 0 saturated heterocycles. The number of nitrogens with one attached hydrogen (secondary N) is 1. The first kappa shape index (κ1) is 19.5. The number of nitrogens with zero attached hydrogens (tertiary/aromatic N) is 3. The van der Waals surface area contributed by atoms with Crippen molar-refractivity contribution in [3.8, 4) is 6.07 Å². The first-order valence-corrected chi connectivity index (χ1v) is 8.76. The van der Waals surface area contributed by atoms with Gasteiger partial charge in [0.1, 0.15) is 0 Å². The molecule has 0 spiro atoms. The molecule has 0 heterocycles. The van der Waals surface area contributed by atoms with Gasteiger partial charge in [0.2, 0.25) is 5.91 Å². The van der Waals surface area contributed by atoms with Crippen LogP contribution in [0.3, 0.4) is 0 Å². The van der Waals surface area contributed by atoms with Crippen molar-refractivity contribution in [1.29, 1.82) is 5.26 Å². The molecule has 136 valence electrons. The second kappa shape index (κ2) is 9.59. The topological polar surface area (TPSA) is 59.4 Å². The van der Waals surface area contributed by atoms with E-state index in [2.05, 4.69) is 52.4 Å². The second-order valence-corrected chi connectivity index (χ2v) is 6.44. The number of hydrogen-bond acceptors (Lipinski definition) is 4. The molecule has 0 aliphatic heterocycles. The number of benzene rings is 2. The summed E-state index contributed by atoms with van der Waals surface area (Å²) >= 11 is 0. The molecule has 2 aromatic rings. The van der Waals surface area contributed by atoms with E-state index in [1.165, 1.54) is 5.56 Å². The smallest absolute Gasteiger partial charge is 0.238 e. The minimum Gasteiger partial charge on any atom is -0.378 e. The van der Waals surface area contributed by atoms with Gasteiger partial charge in [0.15, 0.2) is 0 Å². The van der Waals surface area contributed by atoms with Gasteiger partial charge in [0.25, 0.3) is 0 Å². The molecule has 0 unspecified atom stereocenters. The molecule has 0 aliphatic carbocycles. The highest BCUT2D eigenvalue weighted by molar-refractivity contribution is 5.92. The number of anilines is 2. The summed E-state index contributed by atoms with van der Waals surface area (Å²) in [4.78, 5) is 16.5. The molecular formula is C21H26N4O. The molecule has 0 atom stereocenters. The Morgan fingerprint density at radius 2 is 1.65 bits per heavy atom. The van der Waals surface area contributed by atoms with Gasteiger partial charge in [-0.2, -0.15) is 5.26 Å². The summed E-state index contributed by atoms with van der Waals surface area (Å²) in [6.45, 7) is 3.92. The van der Waals surface area contributed by atoms with Gasteiger partial charge in [-0.05, 0) is 41.9 Å². The van der Waals surface area contributed by atoms with Crippen molar-refractivity contribution in [3.05, 3.63) is 59.7 Å². The highest BCUT2D eigenvalue weighted by Gasteiger charge is 2.10. The van der Waals surface area contributed by atoms with Crippen LogP contribution in [0.5, 0.6) is 0 Å². The third-order valence-electron chi connectivity index (χ3n) is 4.19. The summed E-state index contributed by atoms with van der Waals surface area (Å²) in [7, 11) is 4.04. The van der Waals surface area contributed by atoms with Gasteiger partial charge in [-0.3, -0.25) is 9.69 Å². The van der Waals surface area contributed by atoms with Crippen LogP contribution >= 0.6 is 0 Å². The Bertz CT molecular complexity index is 745. The molecule has 2 rings (SSSR count). The lowest BCUT2D eigenvalue weighted by Crippen LogP contribution is -2.32. The van der Waals surface area contributed by atoms with Gasteiger partial charge in [0.05, 0.1) is 19.0 Å². The number of nitriles is 1. The van der Waals surface area contributed by atoms with E-state index in [4.69, 9.17) is 5.26 Å².